The molecule has 4 nitrogen and oxygen atoms in total. The Balaban J connectivity index is 2.25. The van der Waals surface area contributed by atoms with E-state index in [-0.39, 0.29) is 5.78 Å². The van der Waals surface area contributed by atoms with Gasteiger partial charge >= 0.3 is 0 Å². The van der Waals surface area contributed by atoms with Crippen LogP contribution in [-0.2, 0) is 20.0 Å². The molecule has 0 amide bonds. The predicted molar refractivity (Wildman–Crippen MR) is 70.8 cm³/mol. The number of aromatic nitrogens is 3. The molecule has 0 radical (unpaired) electrons. The summed E-state index contributed by atoms with van der Waals surface area (Å²) < 4.78 is 3.65. The van der Waals surface area contributed by atoms with Crippen LogP contribution < -0.4 is 0 Å². The summed E-state index contributed by atoms with van der Waals surface area (Å²) in [5.41, 5.74) is 4.09. The highest BCUT2D eigenvalue weighted by atomic mass is 16.1. The van der Waals surface area contributed by atoms with Crippen molar-refractivity contribution >= 4 is 5.78 Å². The van der Waals surface area contributed by atoms with E-state index in [2.05, 4.69) is 12.0 Å². The average Bonchev–Trinajstić information content (AvgIpc) is 2.84. The van der Waals surface area contributed by atoms with Crippen LogP contribution in [0.25, 0.3) is 0 Å². The van der Waals surface area contributed by atoms with Crippen LogP contribution in [0.3, 0.4) is 0 Å². The molecule has 0 aliphatic rings. The largest absolute Gasteiger partial charge is 0.348 e. The predicted octanol–water partition coefficient (Wildman–Crippen LogP) is 2.28. The highest BCUT2D eigenvalue weighted by Gasteiger charge is 2.14. The molecule has 4 heteroatoms. The van der Waals surface area contributed by atoms with Crippen molar-refractivity contribution in [3.8, 4) is 0 Å². The minimum absolute atomic E-state index is 0.0933. The third kappa shape index (κ3) is 2.10. The molecule has 2 aromatic rings. The van der Waals surface area contributed by atoms with E-state index >= 15 is 0 Å². The van der Waals surface area contributed by atoms with Crippen molar-refractivity contribution in [2.24, 2.45) is 7.05 Å². The molecule has 0 saturated carbocycles. The summed E-state index contributed by atoms with van der Waals surface area (Å²) in [5.74, 6) is 0.0933. The Kier molecular flexibility index (Phi) is 3.36. The lowest BCUT2D eigenvalue weighted by Crippen LogP contribution is -2.15. The lowest BCUT2D eigenvalue weighted by Gasteiger charge is -2.05. The summed E-state index contributed by atoms with van der Waals surface area (Å²) in [5, 5.41) is 4.45. The number of hydrogen-bond acceptors (Lipinski definition) is 2. The zero-order chi connectivity index (χ0) is 13.3. The number of Topliss-reactive ketones (excluding diaryl/α,β-unsaturated/α-hetero) is 1. The Labute approximate surface area is 107 Å². The van der Waals surface area contributed by atoms with Crippen LogP contribution in [0.5, 0.6) is 0 Å². The zero-order valence-electron chi connectivity index (χ0n) is 11.4. The maximum Gasteiger partial charge on any atom is 0.200 e. The van der Waals surface area contributed by atoms with Gasteiger partial charge in [-0.15, -0.1) is 0 Å². The second kappa shape index (κ2) is 4.80. The molecule has 0 atom stereocenters. The molecule has 0 bridgehead atoms. The van der Waals surface area contributed by atoms with Crippen LogP contribution in [-0.4, -0.2) is 20.1 Å². The van der Waals surface area contributed by atoms with E-state index in [1.54, 1.807) is 0 Å². The van der Waals surface area contributed by atoms with Gasteiger partial charge in [0.25, 0.3) is 0 Å². The van der Waals surface area contributed by atoms with Crippen LogP contribution in [0.4, 0.5) is 0 Å². The fourth-order valence-electron chi connectivity index (χ4n) is 2.37. The Bertz CT molecular complexity index is 578. The van der Waals surface area contributed by atoms with E-state index in [0.29, 0.717) is 6.54 Å². The maximum atomic E-state index is 12.2. The van der Waals surface area contributed by atoms with Gasteiger partial charge in [0, 0.05) is 18.9 Å². The second-order valence-corrected chi connectivity index (χ2v) is 4.59. The lowest BCUT2D eigenvalue weighted by molar-refractivity contribution is 0.0959. The number of nitrogens with zero attached hydrogens (tertiary/aromatic N) is 3. The minimum Gasteiger partial charge on any atom is -0.348 e. The number of ketones is 1. The first-order valence-corrected chi connectivity index (χ1v) is 6.22. The van der Waals surface area contributed by atoms with E-state index < -0.39 is 0 Å². The standard InChI is InChI=1S/C14H19N3O/c1-5-12-10(2)15-17(11(12)3)9-14(18)13-7-6-8-16(13)4/h6-8H,5,9H2,1-4H3. The van der Waals surface area contributed by atoms with Crippen molar-refractivity contribution in [3.63, 3.8) is 0 Å². The smallest absolute Gasteiger partial charge is 0.200 e. The van der Waals surface area contributed by atoms with Crippen LogP contribution in [0, 0.1) is 13.8 Å². The Morgan fingerprint density at radius 1 is 1.39 bits per heavy atom. The molecule has 2 heterocycles. The highest BCUT2D eigenvalue weighted by molar-refractivity contribution is 5.94. The first-order chi connectivity index (χ1) is 8.54. The molecular weight excluding hydrogens is 226 g/mol. The topological polar surface area (TPSA) is 39.8 Å². The van der Waals surface area contributed by atoms with E-state index in [0.717, 1.165) is 23.5 Å². The Hall–Kier alpha value is -1.84. The fraction of sp³-hybridized carbons (Fsp3) is 0.429. The van der Waals surface area contributed by atoms with Gasteiger partial charge in [-0.05, 0) is 38.0 Å². The van der Waals surface area contributed by atoms with Gasteiger partial charge in [0.05, 0.1) is 11.4 Å². The molecule has 0 N–H and O–H groups in total. The summed E-state index contributed by atoms with van der Waals surface area (Å²) in [4.78, 5) is 12.2. The third-order valence-electron chi connectivity index (χ3n) is 3.41. The molecule has 18 heavy (non-hydrogen) atoms. The van der Waals surface area contributed by atoms with Crippen LogP contribution in [0.2, 0.25) is 0 Å². The molecule has 0 unspecified atom stereocenters. The van der Waals surface area contributed by atoms with Crippen molar-refractivity contribution in [1.29, 1.82) is 0 Å². The first kappa shape index (κ1) is 12.6. The Morgan fingerprint density at radius 2 is 2.11 bits per heavy atom. The van der Waals surface area contributed by atoms with Crippen molar-refractivity contribution in [3.05, 3.63) is 41.0 Å². The minimum atomic E-state index is 0.0933. The SMILES string of the molecule is CCc1c(C)nn(CC(=O)c2cccn2C)c1C. The number of carbonyl (C=O) groups is 1. The van der Waals surface area contributed by atoms with E-state index in [4.69, 9.17) is 0 Å². The summed E-state index contributed by atoms with van der Waals surface area (Å²) in [6.07, 6.45) is 2.84. The molecule has 0 saturated heterocycles. The molecular formula is C14H19N3O. The quantitative estimate of drug-likeness (QED) is 0.775. The molecule has 0 aliphatic carbocycles. The van der Waals surface area contributed by atoms with E-state index in [9.17, 15) is 4.79 Å². The lowest BCUT2D eigenvalue weighted by atomic mass is 10.1. The van der Waals surface area contributed by atoms with E-state index in [1.165, 1.54) is 5.56 Å². The van der Waals surface area contributed by atoms with Gasteiger partial charge in [-0.1, -0.05) is 6.92 Å². The third-order valence-corrected chi connectivity index (χ3v) is 3.41. The van der Waals surface area contributed by atoms with Gasteiger partial charge in [-0.2, -0.15) is 5.10 Å². The fourth-order valence-corrected chi connectivity index (χ4v) is 2.37. The summed E-state index contributed by atoms with van der Waals surface area (Å²) in [6.45, 7) is 6.44. The van der Waals surface area contributed by atoms with Gasteiger partial charge in [0.1, 0.15) is 6.54 Å². The maximum absolute atomic E-state index is 12.2. The molecule has 0 fully saturated rings. The molecule has 96 valence electrons. The second-order valence-electron chi connectivity index (χ2n) is 4.59. The summed E-state index contributed by atoms with van der Waals surface area (Å²) in [7, 11) is 1.88. The average molecular weight is 245 g/mol. The number of rotatable bonds is 4. The monoisotopic (exact) mass is 245 g/mol. The van der Waals surface area contributed by atoms with Crippen molar-refractivity contribution in [2.45, 2.75) is 33.7 Å². The van der Waals surface area contributed by atoms with Gasteiger partial charge in [-0.3, -0.25) is 9.48 Å². The van der Waals surface area contributed by atoms with Crippen LogP contribution in [0.1, 0.15) is 34.4 Å². The number of carbonyl (C=O) groups excluding carboxylic acids is 1. The number of hydrogen-bond donors (Lipinski definition) is 0. The Morgan fingerprint density at radius 3 is 2.61 bits per heavy atom. The summed E-state index contributed by atoms with van der Waals surface area (Å²) in [6, 6.07) is 3.72. The number of aryl methyl sites for hydroxylation is 2. The van der Waals surface area contributed by atoms with Crippen molar-refractivity contribution < 1.29 is 4.79 Å². The molecule has 2 rings (SSSR count). The molecule has 0 aliphatic heterocycles. The van der Waals surface area contributed by atoms with Gasteiger partial charge in [-0.25, -0.2) is 0 Å². The molecule has 0 spiro atoms. The van der Waals surface area contributed by atoms with Crippen molar-refractivity contribution in [1.82, 2.24) is 14.3 Å². The van der Waals surface area contributed by atoms with Crippen LogP contribution >= 0.6 is 0 Å². The van der Waals surface area contributed by atoms with E-state index in [1.807, 2.05) is 48.5 Å². The van der Waals surface area contributed by atoms with Crippen LogP contribution in [0.15, 0.2) is 18.3 Å². The zero-order valence-corrected chi connectivity index (χ0v) is 11.4. The van der Waals surface area contributed by atoms with Gasteiger partial charge in [0.2, 0.25) is 5.78 Å². The van der Waals surface area contributed by atoms with Gasteiger partial charge < -0.3 is 4.57 Å². The first-order valence-electron chi connectivity index (χ1n) is 6.22. The van der Waals surface area contributed by atoms with Gasteiger partial charge in [0.15, 0.2) is 0 Å². The normalized spacial score (nSPS) is 10.9. The molecule has 0 aromatic carbocycles. The highest BCUT2D eigenvalue weighted by Crippen LogP contribution is 2.14. The van der Waals surface area contributed by atoms with Crippen molar-refractivity contribution in [2.75, 3.05) is 0 Å². The molecule has 2 aromatic heterocycles. The summed E-state index contributed by atoms with van der Waals surface area (Å²) >= 11 is 0.